The summed E-state index contributed by atoms with van der Waals surface area (Å²) in [5.41, 5.74) is 0. The highest BCUT2D eigenvalue weighted by molar-refractivity contribution is 5.75. The van der Waals surface area contributed by atoms with Crippen LogP contribution in [0.3, 0.4) is 0 Å². The number of unbranched alkanes of at least 4 members (excludes halogenated alkanes) is 3. The first-order chi connectivity index (χ1) is 16.3. The summed E-state index contributed by atoms with van der Waals surface area (Å²) >= 11 is 0. The summed E-state index contributed by atoms with van der Waals surface area (Å²) in [6, 6.07) is 0. The van der Waals surface area contributed by atoms with E-state index in [9.17, 15) is 4.79 Å². The van der Waals surface area contributed by atoms with E-state index in [-0.39, 0.29) is 5.91 Å². The SMILES string of the molecule is CCC(=O)N(CCCCOCC1CO1)N(CCCCOCC1CO1)CCCCOCC1CO1. The summed E-state index contributed by atoms with van der Waals surface area (Å²) in [6.45, 7) is 11.2. The molecule has 3 aliphatic heterocycles. The Morgan fingerprint density at radius 3 is 1.45 bits per heavy atom. The van der Waals surface area contributed by atoms with Crippen LogP contribution in [0.5, 0.6) is 0 Å². The van der Waals surface area contributed by atoms with Crippen LogP contribution in [0.15, 0.2) is 0 Å². The van der Waals surface area contributed by atoms with Crippen molar-refractivity contribution in [1.29, 1.82) is 0 Å². The third-order valence-corrected chi connectivity index (χ3v) is 5.87. The van der Waals surface area contributed by atoms with Crippen LogP contribution < -0.4 is 0 Å². The zero-order chi connectivity index (χ0) is 23.1. The van der Waals surface area contributed by atoms with Gasteiger partial charge in [-0.3, -0.25) is 9.80 Å². The molecule has 0 bridgehead atoms. The quantitative estimate of drug-likeness (QED) is 0.127. The lowest BCUT2D eigenvalue weighted by Gasteiger charge is -2.35. The fraction of sp³-hybridized carbons (Fsp3) is 0.958. The Hall–Kier alpha value is -0.810. The fourth-order valence-corrected chi connectivity index (χ4v) is 3.56. The first-order valence-electron chi connectivity index (χ1n) is 12.9. The number of hydrogen-bond acceptors (Lipinski definition) is 8. The highest BCUT2D eigenvalue weighted by atomic mass is 16.6. The summed E-state index contributed by atoms with van der Waals surface area (Å²) in [7, 11) is 0. The van der Waals surface area contributed by atoms with Gasteiger partial charge in [0.05, 0.1) is 39.6 Å². The van der Waals surface area contributed by atoms with Gasteiger partial charge in [0.15, 0.2) is 0 Å². The number of rotatable bonds is 23. The lowest BCUT2D eigenvalue weighted by atomic mass is 10.2. The number of hydrazine groups is 1. The Balaban J connectivity index is 1.35. The maximum Gasteiger partial charge on any atom is 0.236 e. The molecule has 3 rings (SSSR count). The third-order valence-electron chi connectivity index (χ3n) is 5.87. The molecule has 0 aromatic rings. The van der Waals surface area contributed by atoms with Gasteiger partial charge in [0.25, 0.3) is 0 Å². The van der Waals surface area contributed by atoms with Crippen molar-refractivity contribution in [2.45, 2.75) is 70.2 Å². The van der Waals surface area contributed by atoms with Gasteiger partial charge < -0.3 is 28.4 Å². The highest BCUT2D eigenvalue weighted by Crippen LogP contribution is 2.13. The van der Waals surface area contributed by atoms with Crippen LogP contribution in [-0.4, -0.2) is 113 Å². The van der Waals surface area contributed by atoms with Crippen LogP contribution in [-0.2, 0) is 33.2 Å². The zero-order valence-corrected chi connectivity index (χ0v) is 20.4. The Labute approximate surface area is 198 Å². The molecule has 9 nitrogen and oxygen atoms in total. The maximum atomic E-state index is 12.8. The first kappa shape index (κ1) is 26.8. The zero-order valence-electron chi connectivity index (χ0n) is 20.4. The van der Waals surface area contributed by atoms with Gasteiger partial charge in [-0.1, -0.05) is 6.92 Å². The van der Waals surface area contributed by atoms with Gasteiger partial charge in [0.1, 0.15) is 18.3 Å². The molecule has 3 saturated heterocycles. The number of carbonyl (C=O) groups is 1. The van der Waals surface area contributed by atoms with Gasteiger partial charge >= 0.3 is 0 Å². The fourth-order valence-electron chi connectivity index (χ4n) is 3.56. The van der Waals surface area contributed by atoms with Crippen LogP contribution in [0.2, 0.25) is 0 Å². The number of nitrogens with zero attached hydrogens (tertiary/aromatic N) is 2. The molecule has 0 aromatic heterocycles. The van der Waals surface area contributed by atoms with Gasteiger partial charge in [-0.05, 0) is 38.5 Å². The standard InChI is InChI=1S/C24H44N2O7/c1-2-24(27)26(11-5-8-14-30-17-23-20-33-23)25(9-3-6-12-28-15-21-18-31-21)10-4-7-13-29-16-22-19-32-22/h21-23H,2-20H2,1H3. The molecular weight excluding hydrogens is 428 g/mol. The van der Waals surface area contributed by atoms with E-state index in [4.69, 9.17) is 28.4 Å². The van der Waals surface area contributed by atoms with Crippen molar-refractivity contribution in [2.24, 2.45) is 0 Å². The van der Waals surface area contributed by atoms with E-state index in [1.807, 2.05) is 11.9 Å². The summed E-state index contributed by atoms with van der Waals surface area (Å²) in [5, 5.41) is 4.22. The molecule has 3 unspecified atom stereocenters. The Morgan fingerprint density at radius 1 is 0.697 bits per heavy atom. The lowest BCUT2D eigenvalue weighted by molar-refractivity contribution is -0.149. The van der Waals surface area contributed by atoms with Gasteiger partial charge in [-0.25, -0.2) is 5.01 Å². The molecule has 3 fully saturated rings. The molecule has 0 saturated carbocycles. The van der Waals surface area contributed by atoms with Crippen LogP contribution >= 0.6 is 0 Å². The average molecular weight is 473 g/mol. The van der Waals surface area contributed by atoms with Gasteiger partial charge in [-0.2, -0.15) is 0 Å². The molecule has 3 atom stereocenters. The Kier molecular flexibility index (Phi) is 13.0. The number of epoxide rings is 3. The minimum Gasteiger partial charge on any atom is -0.379 e. The molecule has 1 amide bonds. The molecule has 3 aliphatic rings. The number of ether oxygens (including phenoxy) is 6. The minimum absolute atomic E-state index is 0.187. The predicted octanol–water partition coefficient (Wildman–Crippen LogP) is 2.03. The van der Waals surface area contributed by atoms with Crippen molar-refractivity contribution in [2.75, 3.05) is 79.1 Å². The van der Waals surface area contributed by atoms with Crippen molar-refractivity contribution < 1.29 is 33.2 Å². The van der Waals surface area contributed by atoms with E-state index in [0.29, 0.717) is 44.6 Å². The van der Waals surface area contributed by atoms with Crippen molar-refractivity contribution >= 4 is 5.91 Å². The second kappa shape index (κ2) is 16.0. The average Bonchev–Trinajstić information content (AvgIpc) is 3.67. The van der Waals surface area contributed by atoms with Crippen LogP contribution in [0.25, 0.3) is 0 Å². The molecule has 0 radical (unpaired) electrons. The van der Waals surface area contributed by atoms with Gasteiger partial charge in [0, 0.05) is 45.9 Å². The first-order valence-corrected chi connectivity index (χ1v) is 12.9. The molecule has 192 valence electrons. The molecule has 9 heteroatoms. The monoisotopic (exact) mass is 472 g/mol. The van der Waals surface area contributed by atoms with Crippen molar-refractivity contribution in [1.82, 2.24) is 10.0 Å². The second-order valence-corrected chi connectivity index (χ2v) is 9.04. The molecule has 0 N–H and O–H groups in total. The van der Waals surface area contributed by atoms with E-state index in [1.54, 1.807) is 0 Å². The van der Waals surface area contributed by atoms with Gasteiger partial charge in [0.2, 0.25) is 5.91 Å². The van der Waals surface area contributed by atoms with Crippen molar-refractivity contribution in [3.8, 4) is 0 Å². The number of hydrogen-bond donors (Lipinski definition) is 0. The summed E-state index contributed by atoms with van der Waals surface area (Å²) in [6.07, 6.45) is 7.30. The largest absolute Gasteiger partial charge is 0.379 e. The summed E-state index contributed by atoms with van der Waals surface area (Å²) in [5.74, 6) is 0.187. The van der Waals surface area contributed by atoms with E-state index in [0.717, 1.165) is 97.8 Å². The third kappa shape index (κ3) is 13.0. The number of carbonyl (C=O) groups excluding carboxylic acids is 1. The van der Waals surface area contributed by atoms with E-state index >= 15 is 0 Å². The molecular formula is C24H44N2O7. The van der Waals surface area contributed by atoms with E-state index in [1.165, 1.54) is 0 Å². The maximum absolute atomic E-state index is 12.8. The predicted molar refractivity (Wildman–Crippen MR) is 123 cm³/mol. The summed E-state index contributed by atoms with van der Waals surface area (Å²) in [4.78, 5) is 12.8. The van der Waals surface area contributed by atoms with E-state index < -0.39 is 0 Å². The molecule has 0 spiro atoms. The van der Waals surface area contributed by atoms with Gasteiger partial charge in [-0.15, -0.1) is 0 Å². The smallest absolute Gasteiger partial charge is 0.236 e. The Morgan fingerprint density at radius 2 is 1.09 bits per heavy atom. The number of amides is 1. The minimum atomic E-state index is 0.187. The molecule has 3 heterocycles. The topological polar surface area (TPSA) is 88.8 Å². The second-order valence-electron chi connectivity index (χ2n) is 9.04. The molecule has 33 heavy (non-hydrogen) atoms. The van der Waals surface area contributed by atoms with E-state index in [2.05, 4.69) is 5.01 Å². The van der Waals surface area contributed by atoms with Crippen molar-refractivity contribution in [3.63, 3.8) is 0 Å². The lowest BCUT2D eigenvalue weighted by Crippen LogP contribution is -2.48. The molecule has 0 aromatic carbocycles. The van der Waals surface area contributed by atoms with Crippen LogP contribution in [0, 0.1) is 0 Å². The Bertz CT molecular complexity index is 503. The highest BCUT2D eigenvalue weighted by Gasteiger charge is 2.24. The van der Waals surface area contributed by atoms with Crippen LogP contribution in [0.4, 0.5) is 0 Å². The molecule has 0 aliphatic carbocycles. The summed E-state index contributed by atoms with van der Waals surface area (Å²) < 4.78 is 32.5. The van der Waals surface area contributed by atoms with Crippen LogP contribution in [0.1, 0.15) is 51.9 Å². The normalized spacial score (nSPS) is 23.2. The van der Waals surface area contributed by atoms with Crippen molar-refractivity contribution in [3.05, 3.63) is 0 Å².